The second kappa shape index (κ2) is 4.73. The highest BCUT2D eigenvalue weighted by atomic mass is 35.5. The van der Waals surface area contributed by atoms with Crippen molar-refractivity contribution in [2.24, 2.45) is 0 Å². The quantitative estimate of drug-likeness (QED) is 0.755. The van der Waals surface area contributed by atoms with Gasteiger partial charge in [-0.2, -0.15) is 0 Å². The van der Waals surface area contributed by atoms with Crippen LogP contribution in [-0.2, 0) is 4.74 Å². The molecular formula is C10H10Cl2O3. The van der Waals surface area contributed by atoms with Gasteiger partial charge in [0.2, 0.25) is 0 Å². The van der Waals surface area contributed by atoms with Crippen LogP contribution in [0.1, 0.15) is 15.9 Å². The van der Waals surface area contributed by atoms with Gasteiger partial charge >= 0.3 is 5.97 Å². The minimum absolute atomic E-state index is 0.248. The molecule has 0 aliphatic rings. The van der Waals surface area contributed by atoms with E-state index >= 15 is 0 Å². The van der Waals surface area contributed by atoms with Gasteiger partial charge in [-0.3, -0.25) is 0 Å². The van der Waals surface area contributed by atoms with Crippen molar-refractivity contribution in [1.82, 2.24) is 0 Å². The fourth-order valence-electron chi connectivity index (χ4n) is 1.15. The van der Waals surface area contributed by atoms with Crippen LogP contribution in [0.3, 0.4) is 0 Å². The van der Waals surface area contributed by atoms with E-state index in [1.54, 1.807) is 6.92 Å². The van der Waals surface area contributed by atoms with Gasteiger partial charge < -0.3 is 9.47 Å². The highest BCUT2D eigenvalue weighted by Gasteiger charge is 2.18. The molecule has 1 aromatic carbocycles. The van der Waals surface area contributed by atoms with Gasteiger partial charge in [0.15, 0.2) is 0 Å². The standard InChI is InChI=1S/C10H10Cl2O3/c1-5-8(11)6(10(13)15-3)4-7(14-2)9(5)12/h4H,1-3H3. The molecule has 15 heavy (non-hydrogen) atoms. The first-order valence-electron chi connectivity index (χ1n) is 4.13. The van der Waals surface area contributed by atoms with Crippen LogP contribution in [0.5, 0.6) is 5.75 Å². The summed E-state index contributed by atoms with van der Waals surface area (Å²) < 4.78 is 9.61. The molecule has 0 saturated heterocycles. The lowest BCUT2D eigenvalue weighted by Gasteiger charge is -2.11. The molecule has 0 heterocycles. The molecule has 0 amide bonds. The van der Waals surface area contributed by atoms with Crippen molar-refractivity contribution in [3.8, 4) is 5.75 Å². The molecule has 0 spiro atoms. The Morgan fingerprint density at radius 3 is 2.33 bits per heavy atom. The minimum Gasteiger partial charge on any atom is -0.495 e. The molecule has 82 valence electrons. The Morgan fingerprint density at radius 2 is 1.87 bits per heavy atom. The molecule has 0 aromatic heterocycles. The van der Waals surface area contributed by atoms with Crippen LogP contribution in [0.2, 0.25) is 10.0 Å². The van der Waals surface area contributed by atoms with Gasteiger partial charge in [0, 0.05) is 0 Å². The average Bonchev–Trinajstić information content (AvgIpc) is 2.25. The number of halogens is 2. The molecule has 0 bridgehead atoms. The molecule has 0 fully saturated rings. The van der Waals surface area contributed by atoms with E-state index in [1.807, 2.05) is 0 Å². The van der Waals surface area contributed by atoms with Crippen molar-refractivity contribution in [2.45, 2.75) is 6.92 Å². The number of carbonyl (C=O) groups is 1. The summed E-state index contributed by atoms with van der Waals surface area (Å²) in [5, 5.41) is 0.683. The van der Waals surface area contributed by atoms with Crippen LogP contribution < -0.4 is 4.74 Å². The number of benzene rings is 1. The summed E-state index contributed by atoms with van der Waals surface area (Å²) in [4.78, 5) is 11.4. The number of rotatable bonds is 2. The number of carbonyl (C=O) groups excluding carboxylic acids is 1. The van der Waals surface area contributed by atoms with Gasteiger partial charge in [0.25, 0.3) is 0 Å². The Hall–Kier alpha value is -0.930. The molecule has 0 aliphatic heterocycles. The molecule has 3 nitrogen and oxygen atoms in total. The van der Waals surface area contributed by atoms with E-state index in [2.05, 4.69) is 4.74 Å². The molecule has 1 rings (SSSR count). The van der Waals surface area contributed by atoms with Gasteiger partial charge in [-0.25, -0.2) is 4.79 Å². The SMILES string of the molecule is COC(=O)c1cc(OC)c(Cl)c(C)c1Cl. The number of methoxy groups -OCH3 is 2. The van der Waals surface area contributed by atoms with E-state index in [4.69, 9.17) is 27.9 Å². The van der Waals surface area contributed by atoms with E-state index in [-0.39, 0.29) is 10.6 Å². The number of hydrogen-bond donors (Lipinski definition) is 0. The Labute approximate surface area is 97.9 Å². The van der Waals surface area contributed by atoms with Gasteiger partial charge in [0.05, 0.1) is 29.8 Å². The van der Waals surface area contributed by atoms with Gasteiger partial charge in [0.1, 0.15) is 5.75 Å². The Balaban J connectivity index is 3.41. The fourth-order valence-corrected chi connectivity index (χ4v) is 1.65. The third-order valence-electron chi connectivity index (χ3n) is 2.01. The van der Waals surface area contributed by atoms with Gasteiger partial charge in [-0.15, -0.1) is 0 Å². The third kappa shape index (κ3) is 2.19. The summed E-state index contributed by atoms with van der Waals surface area (Å²) in [6, 6.07) is 1.46. The van der Waals surface area contributed by atoms with E-state index in [0.717, 1.165) is 0 Å². The Kier molecular flexibility index (Phi) is 3.83. The smallest absolute Gasteiger partial charge is 0.339 e. The number of esters is 1. The van der Waals surface area contributed by atoms with Crippen molar-refractivity contribution in [2.75, 3.05) is 14.2 Å². The summed E-state index contributed by atoms with van der Waals surface area (Å²) in [6.45, 7) is 1.71. The van der Waals surface area contributed by atoms with Crippen LogP contribution in [0.25, 0.3) is 0 Å². The number of hydrogen-bond acceptors (Lipinski definition) is 3. The lowest BCUT2D eigenvalue weighted by atomic mass is 10.1. The Morgan fingerprint density at radius 1 is 1.27 bits per heavy atom. The first-order valence-corrected chi connectivity index (χ1v) is 4.89. The van der Waals surface area contributed by atoms with E-state index in [0.29, 0.717) is 16.3 Å². The van der Waals surface area contributed by atoms with Crippen LogP contribution >= 0.6 is 23.2 Å². The predicted molar refractivity (Wildman–Crippen MR) is 59.1 cm³/mol. The summed E-state index contributed by atoms with van der Waals surface area (Å²) >= 11 is 11.9. The van der Waals surface area contributed by atoms with Crippen LogP contribution in [0, 0.1) is 6.92 Å². The normalized spacial score (nSPS) is 9.93. The zero-order valence-corrected chi connectivity index (χ0v) is 10.1. The van der Waals surface area contributed by atoms with Crippen LogP contribution in [-0.4, -0.2) is 20.2 Å². The first-order chi connectivity index (χ1) is 7.02. The Bertz CT molecular complexity index is 402. The molecule has 5 heteroatoms. The van der Waals surface area contributed by atoms with Crippen molar-refractivity contribution < 1.29 is 14.3 Å². The largest absolute Gasteiger partial charge is 0.495 e. The molecule has 0 N–H and O–H groups in total. The van der Waals surface area contributed by atoms with E-state index in [1.165, 1.54) is 20.3 Å². The maximum Gasteiger partial charge on any atom is 0.339 e. The molecule has 0 unspecified atom stereocenters. The third-order valence-corrected chi connectivity index (χ3v) is 2.97. The molecule has 0 atom stereocenters. The summed E-state index contributed by atoms with van der Waals surface area (Å²) in [6.07, 6.45) is 0. The monoisotopic (exact) mass is 248 g/mol. The molecule has 1 aromatic rings. The lowest BCUT2D eigenvalue weighted by Crippen LogP contribution is -2.04. The van der Waals surface area contributed by atoms with Crippen molar-refractivity contribution in [1.29, 1.82) is 0 Å². The topological polar surface area (TPSA) is 35.5 Å². The highest BCUT2D eigenvalue weighted by molar-refractivity contribution is 6.38. The second-order valence-corrected chi connectivity index (χ2v) is 3.63. The van der Waals surface area contributed by atoms with Crippen LogP contribution in [0.15, 0.2) is 6.07 Å². The maximum absolute atomic E-state index is 11.4. The zero-order chi connectivity index (χ0) is 11.6. The van der Waals surface area contributed by atoms with E-state index in [9.17, 15) is 4.79 Å². The minimum atomic E-state index is -0.516. The highest BCUT2D eigenvalue weighted by Crippen LogP contribution is 2.35. The zero-order valence-electron chi connectivity index (χ0n) is 8.56. The average molecular weight is 249 g/mol. The van der Waals surface area contributed by atoms with Crippen molar-refractivity contribution in [3.63, 3.8) is 0 Å². The van der Waals surface area contributed by atoms with Crippen molar-refractivity contribution in [3.05, 3.63) is 27.2 Å². The summed E-state index contributed by atoms with van der Waals surface area (Å²) in [5.74, 6) is -0.114. The summed E-state index contributed by atoms with van der Waals surface area (Å²) in [7, 11) is 2.75. The van der Waals surface area contributed by atoms with E-state index < -0.39 is 5.97 Å². The number of ether oxygens (including phenoxy) is 2. The van der Waals surface area contributed by atoms with Gasteiger partial charge in [-0.05, 0) is 18.6 Å². The fraction of sp³-hybridized carbons (Fsp3) is 0.300. The molecular weight excluding hydrogens is 239 g/mol. The van der Waals surface area contributed by atoms with Gasteiger partial charge in [-0.1, -0.05) is 23.2 Å². The lowest BCUT2D eigenvalue weighted by molar-refractivity contribution is 0.0600. The van der Waals surface area contributed by atoms with Crippen molar-refractivity contribution >= 4 is 29.2 Å². The predicted octanol–water partition coefficient (Wildman–Crippen LogP) is 3.10. The molecule has 0 radical (unpaired) electrons. The summed E-state index contributed by atoms with van der Waals surface area (Å²) in [5.41, 5.74) is 0.844. The second-order valence-electron chi connectivity index (χ2n) is 2.87. The maximum atomic E-state index is 11.4. The first kappa shape index (κ1) is 12.1. The van der Waals surface area contributed by atoms with Crippen LogP contribution in [0.4, 0.5) is 0 Å². The molecule has 0 aliphatic carbocycles. The molecule has 0 saturated carbocycles.